The first-order valence-electron chi connectivity index (χ1n) is 4.65. The molecule has 6 heteroatoms. The molecule has 0 fully saturated rings. The van der Waals surface area contributed by atoms with Crippen LogP contribution in [0, 0.1) is 0 Å². The lowest BCUT2D eigenvalue weighted by atomic mass is 10.1. The average molecular weight is 232 g/mol. The zero-order chi connectivity index (χ0) is 12.2. The molecule has 0 saturated carbocycles. The number of amides is 1. The molecule has 0 aliphatic heterocycles. The fraction of sp³-hybridized carbons (Fsp3) is 0.300. The van der Waals surface area contributed by atoms with E-state index in [0.29, 0.717) is 6.54 Å². The molecule has 0 aliphatic rings. The number of rotatable bonds is 3. The zero-order valence-electron chi connectivity index (χ0n) is 8.56. The maximum absolute atomic E-state index is 12.2. The van der Waals surface area contributed by atoms with E-state index in [1.54, 1.807) is 6.92 Å². The van der Waals surface area contributed by atoms with Crippen molar-refractivity contribution in [1.82, 2.24) is 10.9 Å². The summed E-state index contributed by atoms with van der Waals surface area (Å²) < 4.78 is 36.6. The summed E-state index contributed by atoms with van der Waals surface area (Å²) in [6, 6.07) is 4.02. The predicted molar refractivity (Wildman–Crippen MR) is 52.6 cm³/mol. The van der Waals surface area contributed by atoms with E-state index in [9.17, 15) is 18.0 Å². The summed E-state index contributed by atoms with van der Waals surface area (Å²) >= 11 is 0. The second-order valence-electron chi connectivity index (χ2n) is 3.06. The van der Waals surface area contributed by atoms with E-state index in [1.165, 1.54) is 0 Å². The van der Waals surface area contributed by atoms with Crippen molar-refractivity contribution in [3.8, 4) is 0 Å². The van der Waals surface area contributed by atoms with E-state index in [2.05, 4.69) is 10.9 Å². The Balaban J connectivity index is 2.75. The molecule has 1 aromatic carbocycles. The number of alkyl halides is 3. The first-order valence-corrected chi connectivity index (χ1v) is 4.65. The molecule has 16 heavy (non-hydrogen) atoms. The minimum absolute atomic E-state index is 0.175. The summed E-state index contributed by atoms with van der Waals surface area (Å²) in [5.74, 6) is -0.462. The maximum atomic E-state index is 12.2. The van der Waals surface area contributed by atoms with Crippen molar-refractivity contribution < 1.29 is 18.0 Å². The Morgan fingerprint density at radius 3 is 2.25 bits per heavy atom. The second-order valence-corrected chi connectivity index (χ2v) is 3.06. The maximum Gasteiger partial charge on any atom is 0.416 e. The van der Waals surface area contributed by atoms with Crippen LogP contribution in [-0.4, -0.2) is 12.5 Å². The lowest BCUT2D eigenvalue weighted by Gasteiger charge is -2.08. The Morgan fingerprint density at radius 1 is 1.25 bits per heavy atom. The normalized spacial score (nSPS) is 11.2. The van der Waals surface area contributed by atoms with Crippen LogP contribution in [0.2, 0.25) is 0 Å². The van der Waals surface area contributed by atoms with Gasteiger partial charge >= 0.3 is 6.18 Å². The van der Waals surface area contributed by atoms with Crippen LogP contribution in [0.15, 0.2) is 24.3 Å². The van der Waals surface area contributed by atoms with Gasteiger partial charge < -0.3 is 0 Å². The standard InChI is InChI=1S/C10H11F3N2O/c1-2-14-15-9(16)7-3-5-8(6-4-7)10(11,12)13/h3-6,14H,2H2,1H3,(H,15,16). The fourth-order valence-electron chi connectivity index (χ4n) is 1.05. The highest BCUT2D eigenvalue weighted by Gasteiger charge is 2.30. The Labute approximate surface area is 90.6 Å². The number of benzene rings is 1. The summed E-state index contributed by atoms with van der Waals surface area (Å²) in [4.78, 5) is 11.3. The van der Waals surface area contributed by atoms with Gasteiger partial charge in [0.25, 0.3) is 5.91 Å². The van der Waals surface area contributed by atoms with E-state index < -0.39 is 17.6 Å². The molecule has 0 aliphatic carbocycles. The van der Waals surface area contributed by atoms with Gasteiger partial charge in [0.05, 0.1) is 5.56 Å². The van der Waals surface area contributed by atoms with E-state index in [-0.39, 0.29) is 5.56 Å². The van der Waals surface area contributed by atoms with Crippen molar-refractivity contribution in [2.24, 2.45) is 0 Å². The first kappa shape index (κ1) is 12.5. The van der Waals surface area contributed by atoms with Crippen LogP contribution in [0.3, 0.4) is 0 Å². The largest absolute Gasteiger partial charge is 0.416 e. The molecule has 1 amide bonds. The number of carbonyl (C=O) groups excluding carboxylic acids is 1. The number of nitrogens with one attached hydrogen (secondary N) is 2. The minimum Gasteiger partial charge on any atom is -0.287 e. The molecule has 0 atom stereocenters. The van der Waals surface area contributed by atoms with Gasteiger partial charge in [-0.25, -0.2) is 5.43 Å². The molecule has 0 aromatic heterocycles. The third-order valence-corrected chi connectivity index (χ3v) is 1.85. The van der Waals surface area contributed by atoms with Crippen molar-refractivity contribution in [1.29, 1.82) is 0 Å². The highest BCUT2D eigenvalue weighted by molar-refractivity contribution is 5.93. The third kappa shape index (κ3) is 3.23. The molecule has 0 bridgehead atoms. The van der Waals surface area contributed by atoms with Gasteiger partial charge in [-0.1, -0.05) is 6.92 Å². The van der Waals surface area contributed by atoms with Crippen LogP contribution >= 0.6 is 0 Å². The van der Waals surface area contributed by atoms with Crippen LogP contribution in [0.5, 0.6) is 0 Å². The van der Waals surface area contributed by atoms with Gasteiger partial charge in [0.2, 0.25) is 0 Å². The molecular formula is C10H11F3N2O. The van der Waals surface area contributed by atoms with Crippen molar-refractivity contribution in [2.75, 3.05) is 6.54 Å². The number of hydrazine groups is 1. The van der Waals surface area contributed by atoms with Crippen LogP contribution in [0.25, 0.3) is 0 Å². The fourth-order valence-corrected chi connectivity index (χ4v) is 1.05. The van der Waals surface area contributed by atoms with Gasteiger partial charge in [-0.15, -0.1) is 0 Å². The molecule has 1 aromatic rings. The summed E-state index contributed by atoms with van der Waals surface area (Å²) in [6.45, 7) is 2.32. The smallest absolute Gasteiger partial charge is 0.287 e. The topological polar surface area (TPSA) is 41.1 Å². The lowest BCUT2D eigenvalue weighted by molar-refractivity contribution is -0.137. The molecule has 2 N–H and O–H groups in total. The summed E-state index contributed by atoms with van der Waals surface area (Å²) in [7, 11) is 0. The van der Waals surface area contributed by atoms with Crippen molar-refractivity contribution in [3.05, 3.63) is 35.4 Å². The van der Waals surface area contributed by atoms with Gasteiger partial charge in [0.15, 0.2) is 0 Å². The van der Waals surface area contributed by atoms with Gasteiger partial charge in [-0.05, 0) is 24.3 Å². The Hall–Kier alpha value is -1.56. The van der Waals surface area contributed by atoms with Crippen LogP contribution in [0.1, 0.15) is 22.8 Å². The van der Waals surface area contributed by atoms with Gasteiger partial charge in [-0.2, -0.15) is 13.2 Å². The molecule has 3 nitrogen and oxygen atoms in total. The zero-order valence-corrected chi connectivity index (χ0v) is 8.56. The van der Waals surface area contributed by atoms with Crippen molar-refractivity contribution in [2.45, 2.75) is 13.1 Å². The third-order valence-electron chi connectivity index (χ3n) is 1.85. The molecule has 0 unspecified atom stereocenters. The molecule has 1 rings (SSSR count). The van der Waals surface area contributed by atoms with Crippen molar-refractivity contribution in [3.63, 3.8) is 0 Å². The predicted octanol–water partition coefficient (Wildman–Crippen LogP) is 1.96. The van der Waals surface area contributed by atoms with Crippen LogP contribution < -0.4 is 10.9 Å². The molecular weight excluding hydrogens is 221 g/mol. The first-order chi connectivity index (χ1) is 7.45. The van der Waals surface area contributed by atoms with E-state index in [0.717, 1.165) is 24.3 Å². The van der Waals surface area contributed by atoms with Crippen LogP contribution in [-0.2, 0) is 6.18 Å². The van der Waals surface area contributed by atoms with E-state index in [1.807, 2.05) is 0 Å². The average Bonchev–Trinajstić information content (AvgIpc) is 2.25. The van der Waals surface area contributed by atoms with Crippen molar-refractivity contribution >= 4 is 5.91 Å². The van der Waals surface area contributed by atoms with E-state index >= 15 is 0 Å². The monoisotopic (exact) mass is 232 g/mol. The molecule has 0 radical (unpaired) electrons. The highest BCUT2D eigenvalue weighted by Crippen LogP contribution is 2.28. The van der Waals surface area contributed by atoms with E-state index in [4.69, 9.17) is 0 Å². The molecule has 0 heterocycles. The number of hydrogen-bond acceptors (Lipinski definition) is 2. The molecule has 0 spiro atoms. The number of carbonyl (C=O) groups is 1. The van der Waals surface area contributed by atoms with Gasteiger partial charge in [-0.3, -0.25) is 10.2 Å². The Bertz CT molecular complexity index is 359. The summed E-state index contributed by atoms with van der Waals surface area (Å²) in [6.07, 6.45) is -4.38. The van der Waals surface area contributed by atoms with Gasteiger partial charge in [0, 0.05) is 12.1 Å². The minimum atomic E-state index is -4.38. The SMILES string of the molecule is CCNNC(=O)c1ccc(C(F)(F)F)cc1. The Morgan fingerprint density at radius 2 is 1.81 bits per heavy atom. The Kier molecular flexibility index (Phi) is 3.89. The second kappa shape index (κ2) is 4.98. The summed E-state index contributed by atoms with van der Waals surface area (Å²) in [5.41, 5.74) is 4.31. The number of halogens is 3. The summed E-state index contributed by atoms with van der Waals surface area (Å²) in [5, 5.41) is 0. The lowest BCUT2D eigenvalue weighted by Crippen LogP contribution is -2.37. The quantitative estimate of drug-likeness (QED) is 0.782. The van der Waals surface area contributed by atoms with Gasteiger partial charge in [0.1, 0.15) is 0 Å². The number of hydrogen-bond donors (Lipinski definition) is 2. The molecule has 88 valence electrons. The molecule has 0 saturated heterocycles. The van der Waals surface area contributed by atoms with Crippen LogP contribution in [0.4, 0.5) is 13.2 Å². The highest BCUT2D eigenvalue weighted by atomic mass is 19.4.